The first-order valence-electron chi connectivity index (χ1n) is 2.81. The Labute approximate surface area is 49.0 Å². The summed E-state index contributed by atoms with van der Waals surface area (Å²) in [6.45, 7) is 1.98. The molecule has 0 saturated heterocycles. The van der Waals surface area contributed by atoms with E-state index in [1.165, 1.54) is 5.57 Å². The SMILES string of the molecule is CC1=C[C@H](O)[C@@H](N)C1. The van der Waals surface area contributed by atoms with Crippen molar-refractivity contribution in [3.05, 3.63) is 11.6 Å². The molecule has 0 aromatic heterocycles. The Morgan fingerprint density at radius 2 is 2.50 bits per heavy atom. The van der Waals surface area contributed by atoms with Crippen LogP contribution in [0.1, 0.15) is 13.3 Å². The van der Waals surface area contributed by atoms with Gasteiger partial charge in [0.05, 0.1) is 6.10 Å². The summed E-state index contributed by atoms with van der Waals surface area (Å²) in [5.41, 5.74) is 6.67. The number of aliphatic hydroxyl groups excluding tert-OH is 1. The van der Waals surface area contributed by atoms with Gasteiger partial charge in [-0.1, -0.05) is 11.6 Å². The normalized spacial score (nSPS) is 37.6. The van der Waals surface area contributed by atoms with E-state index in [1.54, 1.807) is 0 Å². The van der Waals surface area contributed by atoms with Gasteiger partial charge in [-0.3, -0.25) is 0 Å². The second-order valence-electron chi connectivity index (χ2n) is 2.37. The third-order valence-corrected chi connectivity index (χ3v) is 1.45. The highest BCUT2D eigenvalue weighted by Gasteiger charge is 2.18. The molecule has 2 atom stereocenters. The zero-order valence-electron chi connectivity index (χ0n) is 4.96. The van der Waals surface area contributed by atoms with Gasteiger partial charge in [0.2, 0.25) is 0 Å². The lowest BCUT2D eigenvalue weighted by Crippen LogP contribution is -2.28. The van der Waals surface area contributed by atoms with Crippen LogP contribution < -0.4 is 5.73 Å². The van der Waals surface area contributed by atoms with Gasteiger partial charge in [-0.2, -0.15) is 0 Å². The van der Waals surface area contributed by atoms with Crippen LogP contribution in [0.5, 0.6) is 0 Å². The molecule has 3 N–H and O–H groups in total. The van der Waals surface area contributed by atoms with Crippen molar-refractivity contribution < 1.29 is 5.11 Å². The third-order valence-electron chi connectivity index (χ3n) is 1.45. The van der Waals surface area contributed by atoms with Gasteiger partial charge >= 0.3 is 0 Å². The van der Waals surface area contributed by atoms with Crippen LogP contribution in [0.2, 0.25) is 0 Å². The highest BCUT2D eigenvalue weighted by Crippen LogP contribution is 2.15. The molecular weight excluding hydrogens is 102 g/mol. The molecule has 1 aliphatic rings. The summed E-state index contributed by atoms with van der Waals surface area (Å²) in [6, 6.07) is -0.0463. The van der Waals surface area contributed by atoms with E-state index in [4.69, 9.17) is 10.8 Å². The topological polar surface area (TPSA) is 46.2 Å². The summed E-state index contributed by atoms with van der Waals surface area (Å²) in [4.78, 5) is 0. The molecule has 2 heteroatoms. The van der Waals surface area contributed by atoms with Gasteiger partial charge in [0.1, 0.15) is 0 Å². The molecule has 0 unspecified atom stereocenters. The van der Waals surface area contributed by atoms with Crippen molar-refractivity contribution in [2.45, 2.75) is 25.5 Å². The fourth-order valence-corrected chi connectivity index (χ4v) is 0.976. The third kappa shape index (κ3) is 0.904. The van der Waals surface area contributed by atoms with Crippen molar-refractivity contribution in [2.75, 3.05) is 0 Å². The van der Waals surface area contributed by atoms with Gasteiger partial charge in [-0.05, 0) is 13.3 Å². The van der Waals surface area contributed by atoms with Crippen molar-refractivity contribution in [3.63, 3.8) is 0 Å². The van der Waals surface area contributed by atoms with E-state index in [0.29, 0.717) is 0 Å². The highest BCUT2D eigenvalue weighted by atomic mass is 16.3. The minimum Gasteiger partial charge on any atom is -0.387 e. The van der Waals surface area contributed by atoms with Crippen molar-refractivity contribution in [1.29, 1.82) is 0 Å². The Morgan fingerprint density at radius 3 is 2.62 bits per heavy atom. The zero-order chi connectivity index (χ0) is 6.15. The van der Waals surface area contributed by atoms with Crippen LogP contribution in [0.25, 0.3) is 0 Å². The summed E-state index contributed by atoms with van der Waals surface area (Å²) in [6.07, 6.45) is 2.27. The predicted octanol–water partition coefficient (Wildman–Crippen LogP) is 0.0246. The van der Waals surface area contributed by atoms with Crippen LogP contribution in [0.15, 0.2) is 11.6 Å². The van der Waals surface area contributed by atoms with E-state index in [1.807, 2.05) is 13.0 Å². The lowest BCUT2D eigenvalue weighted by Gasteiger charge is -2.04. The predicted molar refractivity (Wildman–Crippen MR) is 32.4 cm³/mol. The van der Waals surface area contributed by atoms with Crippen molar-refractivity contribution in [1.82, 2.24) is 0 Å². The molecule has 1 rings (SSSR count). The Balaban J connectivity index is 2.56. The molecule has 0 heterocycles. The van der Waals surface area contributed by atoms with E-state index >= 15 is 0 Å². The molecule has 0 amide bonds. The van der Waals surface area contributed by atoms with Crippen LogP contribution in [0.4, 0.5) is 0 Å². The fourth-order valence-electron chi connectivity index (χ4n) is 0.976. The summed E-state index contributed by atoms with van der Waals surface area (Å²) < 4.78 is 0. The van der Waals surface area contributed by atoms with Crippen LogP contribution >= 0.6 is 0 Å². The first-order valence-corrected chi connectivity index (χ1v) is 2.81. The molecule has 0 fully saturated rings. The number of rotatable bonds is 0. The molecule has 0 spiro atoms. The Morgan fingerprint density at radius 1 is 1.88 bits per heavy atom. The van der Waals surface area contributed by atoms with Crippen LogP contribution in [-0.2, 0) is 0 Å². The van der Waals surface area contributed by atoms with Crippen molar-refractivity contribution >= 4 is 0 Å². The minimum absolute atomic E-state index is 0.0463. The maximum Gasteiger partial charge on any atom is 0.0877 e. The molecule has 0 bridgehead atoms. The molecule has 1 aliphatic carbocycles. The van der Waals surface area contributed by atoms with Gasteiger partial charge in [0, 0.05) is 6.04 Å². The first-order chi connectivity index (χ1) is 3.70. The number of aliphatic hydroxyl groups is 1. The average molecular weight is 113 g/mol. The summed E-state index contributed by atoms with van der Waals surface area (Å²) in [5.74, 6) is 0. The van der Waals surface area contributed by atoms with E-state index in [2.05, 4.69) is 0 Å². The lowest BCUT2D eigenvalue weighted by molar-refractivity contribution is 0.202. The second-order valence-corrected chi connectivity index (χ2v) is 2.37. The number of hydrogen-bond acceptors (Lipinski definition) is 2. The van der Waals surface area contributed by atoms with Gasteiger partial charge in [0.15, 0.2) is 0 Å². The van der Waals surface area contributed by atoms with E-state index in [-0.39, 0.29) is 6.04 Å². The molecule has 0 aromatic rings. The summed E-state index contributed by atoms with van der Waals surface area (Å²) >= 11 is 0. The fraction of sp³-hybridized carbons (Fsp3) is 0.667. The Bertz CT molecular complexity index is 120. The zero-order valence-corrected chi connectivity index (χ0v) is 4.96. The quantitative estimate of drug-likeness (QED) is 0.435. The smallest absolute Gasteiger partial charge is 0.0877 e. The Kier molecular flexibility index (Phi) is 1.36. The van der Waals surface area contributed by atoms with Gasteiger partial charge in [-0.25, -0.2) is 0 Å². The van der Waals surface area contributed by atoms with Gasteiger partial charge in [0.25, 0.3) is 0 Å². The van der Waals surface area contributed by atoms with Crippen molar-refractivity contribution in [2.24, 2.45) is 5.73 Å². The Hall–Kier alpha value is -0.340. The highest BCUT2D eigenvalue weighted by molar-refractivity contribution is 5.14. The van der Waals surface area contributed by atoms with Crippen LogP contribution in [0, 0.1) is 0 Å². The standard InChI is InChI=1S/C6H11NO/c1-4-2-5(7)6(8)3-4/h3,5-6,8H,2,7H2,1H3/t5-,6-/m0/s1. The van der Waals surface area contributed by atoms with Crippen LogP contribution in [-0.4, -0.2) is 17.3 Å². The molecule has 0 aliphatic heterocycles. The van der Waals surface area contributed by atoms with E-state index in [9.17, 15) is 0 Å². The first kappa shape index (κ1) is 5.79. The van der Waals surface area contributed by atoms with E-state index in [0.717, 1.165) is 6.42 Å². The average Bonchev–Trinajstić information content (AvgIpc) is 1.85. The maximum absolute atomic E-state index is 8.97. The molecular formula is C6H11NO. The molecule has 0 aromatic carbocycles. The minimum atomic E-state index is -0.394. The largest absolute Gasteiger partial charge is 0.387 e. The second kappa shape index (κ2) is 1.88. The van der Waals surface area contributed by atoms with Gasteiger partial charge < -0.3 is 10.8 Å². The maximum atomic E-state index is 8.97. The van der Waals surface area contributed by atoms with E-state index < -0.39 is 6.10 Å². The molecule has 0 radical (unpaired) electrons. The monoisotopic (exact) mass is 113 g/mol. The summed E-state index contributed by atoms with van der Waals surface area (Å²) in [5, 5.41) is 8.97. The number of hydrogen-bond donors (Lipinski definition) is 2. The molecule has 0 saturated carbocycles. The van der Waals surface area contributed by atoms with Gasteiger partial charge in [-0.15, -0.1) is 0 Å². The summed E-state index contributed by atoms with van der Waals surface area (Å²) in [7, 11) is 0. The number of nitrogens with two attached hydrogens (primary N) is 1. The van der Waals surface area contributed by atoms with Crippen LogP contribution in [0.3, 0.4) is 0 Å². The molecule has 8 heavy (non-hydrogen) atoms. The molecule has 2 nitrogen and oxygen atoms in total. The lowest BCUT2D eigenvalue weighted by atomic mass is 10.2. The molecule has 46 valence electrons. The van der Waals surface area contributed by atoms with Crippen molar-refractivity contribution in [3.8, 4) is 0 Å².